The van der Waals surface area contributed by atoms with Crippen molar-refractivity contribution in [2.24, 2.45) is 0 Å². The molecule has 0 saturated carbocycles. The third kappa shape index (κ3) is 2.84. The van der Waals surface area contributed by atoms with E-state index >= 15 is 0 Å². The molecule has 0 spiro atoms. The van der Waals surface area contributed by atoms with Crippen LogP contribution >= 0.6 is 22.9 Å². The van der Waals surface area contributed by atoms with Crippen molar-refractivity contribution in [2.75, 3.05) is 0 Å². The molecule has 1 aromatic carbocycles. The fourth-order valence-electron chi connectivity index (χ4n) is 1.36. The summed E-state index contributed by atoms with van der Waals surface area (Å²) in [6.45, 7) is 1.92. The molecule has 1 heterocycles. The number of benzene rings is 1. The van der Waals surface area contributed by atoms with Gasteiger partial charge in [0.25, 0.3) is 5.19 Å². The van der Waals surface area contributed by atoms with Gasteiger partial charge < -0.3 is 4.74 Å². The number of rotatable bonds is 4. The lowest BCUT2D eigenvalue weighted by Crippen LogP contribution is -2.02. The van der Waals surface area contributed by atoms with E-state index in [-0.39, 0.29) is 11.3 Å². The second-order valence-corrected chi connectivity index (χ2v) is 4.77. The normalized spacial score (nSPS) is 12.1. The van der Waals surface area contributed by atoms with Crippen LogP contribution < -0.4 is 4.74 Å². The van der Waals surface area contributed by atoms with Crippen molar-refractivity contribution >= 4 is 29.2 Å². The first-order valence-corrected chi connectivity index (χ1v) is 6.23. The lowest BCUT2D eigenvalue weighted by molar-refractivity contribution is 0.112. The first-order chi connectivity index (χ1) is 8.20. The van der Waals surface area contributed by atoms with Gasteiger partial charge in [0.05, 0.1) is 0 Å². The largest absolute Gasteiger partial charge is 0.462 e. The monoisotopic (exact) mass is 267 g/mol. The number of nitrogens with zero attached hydrogens (tertiary/aromatic N) is 1. The highest BCUT2D eigenvalue weighted by Gasteiger charge is 2.13. The highest BCUT2D eigenvalue weighted by atomic mass is 35.5. The van der Waals surface area contributed by atoms with Crippen LogP contribution in [-0.4, -0.2) is 11.3 Å². The maximum absolute atomic E-state index is 10.6. The molecule has 0 aliphatic rings. The SMILES string of the molecule is CC(Oc1nc(Cl)c(C=O)s1)c1ccccc1. The van der Waals surface area contributed by atoms with Gasteiger partial charge in [-0.1, -0.05) is 53.3 Å². The Morgan fingerprint density at radius 2 is 2.12 bits per heavy atom. The minimum Gasteiger partial charge on any atom is -0.462 e. The zero-order valence-electron chi connectivity index (χ0n) is 9.09. The summed E-state index contributed by atoms with van der Waals surface area (Å²) in [5.41, 5.74) is 1.05. The summed E-state index contributed by atoms with van der Waals surface area (Å²) in [5, 5.41) is 0.605. The third-order valence-corrected chi connectivity index (χ3v) is 3.52. The molecule has 0 fully saturated rings. The van der Waals surface area contributed by atoms with Gasteiger partial charge in [0.15, 0.2) is 11.4 Å². The minimum atomic E-state index is -0.127. The van der Waals surface area contributed by atoms with Crippen molar-refractivity contribution in [1.82, 2.24) is 4.98 Å². The van der Waals surface area contributed by atoms with Crippen LogP contribution in [-0.2, 0) is 0 Å². The summed E-state index contributed by atoms with van der Waals surface area (Å²) in [6.07, 6.45) is 0.554. The zero-order chi connectivity index (χ0) is 12.3. The van der Waals surface area contributed by atoms with Crippen molar-refractivity contribution < 1.29 is 9.53 Å². The molecule has 3 nitrogen and oxygen atoms in total. The van der Waals surface area contributed by atoms with E-state index in [1.165, 1.54) is 0 Å². The average Bonchev–Trinajstić information content (AvgIpc) is 2.70. The third-order valence-electron chi connectivity index (χ3n) is 2.24. The van der Waals surface area contributed by atoms with Crippen LogP contribution in [0.5, 0.6) is 5.19 Å². The fraction of sp³-hybridized carbons (Fsp3) is 0.167. The smallest absolute Gasteiger partial charge is 0.275 e. The lowest BCUT2D eigenvalue weighted by atomic mass is 10.1. The highest BCUT2D eigenvalue weighted by Crippen LogP contribution is 2.30. The maximum Gasteiger partial charge on any atom is 0.275 e. The number of hydrogen-bond acceptors (Lipinski definition) is 4. The molecule has 88 valence electrons. The van der Waals surface area contributed by atoms with Gasteiger partial charge >= 0.3 is 0 Å². The number of aromatic nitrogens is 1. The number of carbonyl (C=O) groups is 1. The predicted octanol–water partition coefficient (Wildman–Crippen LogP) is 3.75. The summed E-state index contributed by atoms with van der Waals surface area (Å²) >= 11 is 6.91. The second kappa shape index (κ2) is 5.29. The van der Waals surface area contributed by atoms with Crippen LogP contribution in [0.3, 0.4) is 0 Å². The van der Waals surface area contributed by atoms with Gasteiger partial charge in [-0.25, -0.2) is 0 Å². The van der Waals surface area contributed by atoms with E-state index in [4.69, 9.17) is 16.3 Å². The molecule has 1 unspecified atom stereocenters. The topological polar surface area (TPSA) is 39.2 Å². The van der Waals surface area contributed by atoms with Crippen molar-refractivity contribution in [1.29, 1.82) is 0 Å². The molecular weight excluding hydrogens is 258 g/mol. The van der Waals surface area contributed by atoms with E-state index in [9.17, 15) is 4.79 Å². The molecule has 2 rings (SSSR count). The van der Waals surface area contributed by atoms with Crippen LogP contribution in [0.2, 0.25) is 5.15 Å². The van der Waals surface area contributed by atoms with Gasteiger partial charge in [0.2, 0.25) is 0 Å². The summed E-state index contributed by atoms with van der Waals surface area (Å²) in [6, 6.07) is 9.78. The summed E-state index contributed by atoms with van der Waals surface area (Å²) in [5.74, 6) is 0. The molecule has 0 bridgehead atoms. The van der Waals surface area contributed by atoms with Crippen molar-refractivity contribution in [3.8, 4) is 5.19 Å². The van der Waals surface area contributed by atoms with E-state index in [1.54, 1.807) is 0 Å². The minimum absolute atomic E-state index is 0.127. The van der Waals surface area contributed by atoms with Gasteiger partial charge in [0, 0.05) is 0 Å². The Morgan fingerprint density at radius 3 is 2.71 bits per heavy atom. The van der Waals surface area contributed by atoms with Crippen LogP contribution in [0.25, 0.3) is 0 Å². The Balaban J connectivity index is 2.13. The second-order valence-electron chi connectivity index (χ2n) is 3.42. The Morgan fingerprint density at radius 1 is 1.41 bits per heavy atom. The predicted molar refractivity (Wildman–Crippen MR) is 68.0 cm³/mol. The first kappa shape index (κ1) is 12.1. The van der Waals surface area contributed by atoms with Crippen LogP contribution in [0.1, 0.15) is 28.3 Å². The molecule has 0 N–H and O–H groups in total. The lowest BCUT2D eigenvalue weighted by Gasteiger charge is -2.11. The number of halogens is 1. The van der Waals surface area contributed by atoms with Gasteiger partial charge in [-0.15, -0.1) is 0 Å². The molecule has 5 heteroatoms. The number of hydrogen-bond donors (Lipinski definition) is 0. The highest BCUT2D eigenvalue weighted by molar-refractivity contribution is 7.15. The molecule has 1 atom stereocenters. The molecule has 0 saturated heterocycles. The van der Waals surface area contributed by atoms with E-state index in [0.717, 1.165) is 16.9 Å². The van der Waals surface area contributed by atoms with Crippen LogP contribution in [0.4, 0.5) is 0 Å². The molecule has 0 aliphatic heterocycles. The Hall–Kier alpha value is -1.39. The maximum atomic E-state index is 10.6. The van der Waals surface area contributed by atoms with Crippen molar-refractivity contribution in [3.63, 3.8) is 0 Å². The van der Waals surface area contributed by atoms with Crippen molar-refractivity contribution in [3.05, 3.63) is 45.9 Å². The molecule has 1 aromatic heterocycles. The average molecular weight is 268 g/mol. The van der Waals surface area contributed by atoms with E-state index in [2.05, 4.69) is 4.98 Å². The Kier molecular flexibility index (Phi) is 3.76. The number of aldehydes is 1. The molecule has 2 aromatic rings. The Bertz CT molecular complexity index is 512. The Labute approximate surface area is 108 Å². The van der Waals surface area contributed by atoms with Crippen molar-refractivity contribution in [2.45, 2.75) is 13.0 Å². The first-order valence-electron chi connectivity index (χ1n) is 5.04. The van der Waals surface area contributed by atoms with E-state index in [0.29, 0.717) is 16.4 Å². The molecule has 0 radical (unpaired) electrons. The van der Waals surface area contributed by atoms with Gasteiger partial charge in [-0.2, -0.15) is 4.98 Å². The number of ether oxygens (including phenoxy) is 1. The quantitative estimate of drug-likeness (QED) is 0.792. The number of carbonyl (C=O) groups excluding carboxylic acids is 1. The number of thiazole rings is 1. The summed E-state index contributed by atoms with van der Waals surface area (Å²) in [4.78, 5) is 15.0. The summed E-state index contributed by atoms with van der Waals surface area (Å²) in [7, 11) is 0. The van der Waals surface area contributed by atoms with Crippen LogP contribution in [0, 0.1) is 0 Å². The standard InChI is InChI=1S/C12H10ClNO2S/c1-8(9-5-3-2-4-6-9)16-12-14-11(13)10(7-15)17-12/h2-8H,1H3. The van der Waals surface area contributed by atoms with E-state index in [1.807, 2.05) is 37.3 Å². The molecule has 0 aliphatic carbocycles. The van der Waals surface area contributed by atoms with E-state index < -0.39 is 0 Å². The fourth-order valence-corrected chi connectivity index (χ4v) is 2.34. The molecule has 17 heavy (non-hydrogen) atoms. The van der Waals surface area contributed by atoms with Gasteiger partial charge in [-0.3, -0.25) is 4.79 Å². The van der Waals surface area contributed by atoms with Gasteiger partial charge in [-0.05, 0) is 12.5 Å². The summed E-state index contributed by atoms with van der Waals surface area (Å²) < 4.78 is 5.63. The van der Waals surface area contributed by atoms with Gasteiger partial charge in [0.1, 0.15) is 11.0 Å². The molecule has 0 amide bonds. The zero-order valence-corrected chi connectivity index (χ0v) is 10.7. The molecular formula is C12H10ClNO2S. The van der Waals surface area contributed by atoms with Crippen LogP contribution in [0.15, 0.2) is 30.3 Å².